The number of hydrogen-bond donors (Lipinski definition) is 1. The number of amides is 1. The van der Waals surface area contributed by atoms with E-state index in [0.717, 1.165) is 11.3 Å². The minimum Gasteiger partial charge on any atom is -0.489 e. The minimum atomic E-state index is -0.687. The van der Waals surface area contributed by atoms with Crippen molar-refractivity contribution < 1.29 is 9.53 Å². The maximum atomic E-state index is 12.0. The third kappa shape index (κ3) is 4.78. The molecule has 0 aliphatic carbocycles. The number of nitrogens with one attached hydrogen (secondary N) is 1. The van der Waals surface area contributed by atoms with Crippen molar-refractivity contribution in [2.75, 3.05) is 6.54 Å². The van der Waals surface area contributed by atoms with Gasteiger partial charge in [0.05, 0.1) is 6.54 Å². The molecule has 2 atom stereocenters. The molecule has 0 saturated carbocycles. The van der Waals surface area contributed by atoms with Crippen molar-refractivity contribution in [2.45, 2.75) is 25.3 Å². The smallest absolute Gasteiger partial charge is 0.242 e. The first-order valence-electron chi connectivity index (χ1n) is 7.26. The van der Waals surface area contributed by atoms with E-state index in [1.807, 2.05) is 68.4 Å². The Morgan fingerprint density at radius 3 is 2.41 bits per heavy atom. The van der Waals surface area contributed by atoms with Crippen LogP contribution in [0.25, 0.3) is 0 Å². The normalized spacial score (nSPS) is 13.2. The summed E-state index contributed by atoms with van der Waals surface area (Å²) in [5.41, 5.74) is 1.97. The van der Waals surface area contributed by atoms with Crippen LogP contribution in [0.3, 0.4) is 0 Å². The molecule has 3 nitrogen and oxygen atoms in total. The fraction of sp³-hybridized carbons (Fsp3) is 0.278. The lowest BCUT2D eigenvalue weighted by atomic mass is 10.1. The molecule has 0 aromatic heterocycles. The summed E-state index contributed by atoms with van der Waals surface area (Å²) in [6.07, 6.45) is -0.133. The molecule has 1 N–H and O–H groups in total. The summed E-state index contributed by atoms with van der Waals surface area (Å²) >= 11 is 6.16. The van der Waals surface area contributed by atoms with Crippen molar-refractivity contribution in [2.24, 2.45) is 0 Å². The Bertz CT molecular complexity index is 598. The third-order valence-electron chi connectivity index (χ3n) is 3.24. The highest BCUT2D eigenvalue weighted by Crippen LogP contribution is 2.20. The van der Waals surface area contributed by atoms with Crippen LogP contribution in [0.2, 0.25) is 0 Å². The molecular weight excluding hydrogens is 298 g/mol. The monoisotopic (exact) mass is 317 g/mol. The molecule has 0 spiro atoms. The van der Waals surface area contributed by atoms with E-state index >= 15 is 0 Å². The van der Waals surface area contributed by atoms with E-state index in [1.54, 1.807) is 0 Å². The van der Waals surface area contributed by atoms with Crippen LogP contribution in [0.4, 0.5) is 0 Å². The van der Waals surface area contributed by atoms with Gasteiger partial charge in [0.2, 0.25) is 5.91 Å². The molecule has 1 amide bonds. The molecule has 2 rings (SSSR count). The van der Waals surface area contributed by atoms with Gasteiger partial charge in [0.1, 0.15) is 17.2 Å². The Hall–Kier alpha value is -2.00. The van der Waals surface area contributed by atoms with E-state index in [-0.39, 0.29) is 12.0 Å². The van der Waals surface area contributed by atoms with Crippen LogP contribution >= 0.6 is 11.6 Å². The SMILES string of the molecule is Cc1ccc(OC(C)CNC(=O)C(Cl)c2ccccc2)cc1. The van der Waals surface area contributed by atoms with E-state index in [4.69, 9.17) is 16.3 Å². The molecule has 0 saturated heterocycles. The number of ether oxygens (including phenoxy) is 1. The van der Waals surface area contributed by atoms with E-state index in [2.05, 4.69) is 5.32 Å². The minimum absolute atomic E-state index is 0.133. The van der Waals surface area contributed by atoms with Crippen LogP contribution in [0.1, 0.15) is 23.4 Å². The number of carbonyl (C=O) groups is 1. The number of aryl methyl sites for hydroxylation is 1. The van der Waals surface area contributed by atoms with Gasteiger partial charge in [-0.05, 0) is 31.5 Å². The average Bonchev–Trinajstić information content (AvgIpc) is 2.55. The maximum Gasteiger partial charge on any atom is 0.242 e. The molecule has 0 radical (unpaired) electrons. The zero-order valence-corrected chi connectivity index (χ0v) is 13.5. The predicted molar refractivity (Wildman–Crippen MR) is 89.3 cm³/mol. The van der Waals surface area contributed by atoms with Gasteiger partial charge in [-0.3, -0.25) is 4.79 Å². The summed E-state index contributed by atoms with van der Waals surface area (Å²) in [5.74, 6) is 0.574. The largest absolute Gasteiger partial charge is 0.489 e. The lowest BCUT2D eigenvalue weighted by Gasteiger charge is -2.17. The van der Waals surface area contributed by atoms with Gasteiger partial charge in [-0.1, -0.05) is 48.0 Å². The lowest BCUT2D eigenvalue weighted by molar-refractivity contribution is -0.121. The van der Waals surface area contributed by atoms with Crippen molar-refractivity contribution in [1.82, 2.24) is 5.32 Å². The van der Waals surface area contributed by atoms with E-state index < -0.39 is 5.38 Å². The second-order valence-corrected chi connectivity index (χ2v) is 5.70. The second kappa shape index (κ2) is 7.85. The molecule has 22 heavy (non-hydrogen) atoms. The van der Waals surface area contributed by atoms with Crippen molar-refractivity contribution in [1.29, 1.82) is 0 Å². The Balaban J connectivity index is 1.81. The molecule has 116 valence electrons. The van der Waals surface area contributed by atoms with Crippen LogP contribution < -0.4 is 10.1 Å². The molecule has 4 heteroatoms. The quantitative estimate of drug-likeness (QED) is 0.822. The Morgan fingerprint density at radius 2 is 1.77 bits per heavy atom. The first-order chi connectivity index (χ1) is 10.6. The van der Waals surface area contributed by atoms with Crippen molar-refractivity contribution in [3.8, 4) is 5.75 Å². The van der Waals surface area contributed by atoms with Gasteiger partial charge in [0, 0.05) is 0 Å². The summed E-state index contributed by atoms with van der Waals surface area (Å²) < 4.78 is 5.75. The Morgan fingerprint density at radius 1 is 1.14 bits per heavy atom. The van der Waals surface area contributed by atoms with Crippen LogP contribution in [0.15, 0.2) is 54.6 Å². The van der Waals surface area contributed by atoms with E-state index in [9.17, 15) is 4.79 Å². The first-order valence-corrected chi connectivity index (χ1v) is 7.70. The Labute approximate surface area is 136 Å². The number of rotatable bonds is 6. The highest BCUT2D eigenvalue weighted by molar-refractivity contribution is 6.30. The first kappa shape index (κ1) is 16.4. The number of halogens is 1. The van der Waals surface area contributed by atoms with Gasteiger partial charge in [0.25, 0.3) is 0 Å². The van der Waals surface area contributed by atoms with Gasteiger partial charge < -0.3 is 10.1 Å². The number of alkyl halides is 1. The maximum absolute atomic E-state index is 12.0. The van der Waals surface area contributed by atoms with Gasteiger partial charge >= 0.3 is 0 Å². The molecular formula is C18H20ClNO2. The summed E-state index contributed by atoms with van der Waals surface area (Å²) in [4.78, 5) is 12.0. The molecule has 2 aromatic carbocycles. The third-order valence-corrected chi connectivity index (χ3v) is 3.69. The average molecular weight is 318 g/mol. The molecule has 0 aliphatic heterocycles. The lowest BCUT2D eigenvalue weighted by Crippen LogP contribution is -2.35. The molecule has 0 bridgehead atoms. The fourth-order valence-electron chi connectivity index (χ4n) is 2.00. The highest BCUT2D eigenvalue weighted by atomic mass is 35.5. The molecule has 0 aliphatic rings. The van der Waals surface area contributed by atoms with Crippen molar-refractivity contribution >= 4 is 17.5 Å². The summed E-state index contributed by atoms with van der Waals surface area (Å²) in [6.45, 7) is 4.34. The van der Waals surface area contributed by atoms with Gasteiger partial charge in [-0.2, -0.15) is 0 Å². The van der Waals surface area contributed by atoms with Crippen LogP contribution in [-0.2, 0) is 4.79 Å². The Kier molecular flexibility index (Phi) is 5.84. The molecule has 2 aromatic rings. The van der Waals surface area contributed by atoms with Crippen LogP contribution in [0.5, 0.6) is 5.75 Å². The van der Waals surface area contributed by atoms with E-state index in [0.29, 0.717) is 6.54 Å². The van der Waals surface area contributed by atoms with Gasteiger partial charge in [-0.15, -0.1) is 11.6 Å². The molecule has 0 fully saturated rings. The second-order valence-electron chi connectivity index (χ2n) is 5.26. The molecule has 0 heterocycles. The highest BCUT2D eigenvalue weighted by Gasteiger charge is 2.17. The van der Waals surface area contributed by atoms with Crippen LogP contribution in [0, 0.1) is 6.92 Å². The zero-order valence-electron chi connectivity index (χ0n) is 12.8. The van der Waals surface area contributed by atoms with Crippen LogP contribution in [-0.4, -0.2) is 18.6 Å². The molecule has 2 unspecified atom stereocenters. The summed E-state index contributed by atoms with van der Waals surface area (Å²) in [7, 11) is 0. The van der Waals surface area contributed by atoms with Gasteiger partial charge in [0.15, 0.2) is 0 Å². The fourth-order valence-corrected chi connectivity index (χ4v) is 2.22. The zero-order chi connectivity index (χ0) is 15.9. The predicted octanol–water partition coefficient (Wildman–Crippen LogP) is 3.86. The number of carbonyl (C=O) groups excluding carboxylic acids is 1. The summed E-state index contributed by atoms with van der Waals surface area (Å²) in [6, 6.07) is 17.1. The standard InChI is InChI=1S/C18H20ClNO2/c1-13-8-10-16(11-9-13)22-14(2)12-20-18(21)17(19)15-6-4-3-5-7-15/h3-11,14,17H,12H2,1-2H3,(H,20,21). The van der Waals surface area contributed by atoms with Crippen molar-refractivity contribution in [3.05, 3.63) is 65.7 Å². The van der Waals surface area contributed by atoms with Crippen molar-refractivity contribution in [3.63, 3.8) is 0 Å². The van der Waals surface area contributed by atoms with E-state index in [1.165, 1.54) is 5.56 Å². The number of benzene rings is 2. The topological polar surface area (TPSA) is 38.3 Å². The number of hydrogen-bond acceptors (Lipinski definition) is 2. The summed E-state index contributed by atoms with van der Waals surface area (Å²) in [5, 5.41) is 2.13. The van der Waals surface area contributed by atoms with Gasteiger partial charge in [-0.25, -0.2) is 0 Å².